The van der Waals surface area contributed by atoms with Crippen molar-refractivity contribution in [3.63, 3.8) is 0 Å². The molecule has 0 fully saturated rings. The number of nitrogens with zero attached hydrogens (tertiary/aromatic N) is 2. The summed E-state index contributed by atoms with van der Waals surface area (Å²) in [5, 5.41) is 9.12. The summed E-state index contributed by atoms with van der Waals surface area (Å²) in [5.41, 5.74) is 4.69. The van der Waals surface area contributed by atoms with Gasteiger partial charge in [-0.1, -0.05) is 13.8 Å². The molecule has 0 saturated carbocycles. The van der Waals surface area contributed by atoms with Crippen LogP contribution in [0.1, 0.15) is 34.1 Å². The molecule has 2 atom stereocenters. The Bertz CT molecular complexity index is 278. The van der Waals surface area contributed by atoms with Crippen LogP contribution in [0.2, 0.25) is 0 Å². The molecule has 0 aromatic carbocycles. The summed E-state index contributed by atoms with van der Waals surface area (Å²) in [6.45, 7) is 10.9. The summed E-state index contributed by atoms with van der Waals surface area (Å²) >= 11 is 0. The van der Waals surface area contributed by atoms with Crippen LogP contribution in [0.4, 0.5) is 0 Å². The van der Waals surface area contributed by atoms with E-state index in [4.69, 9.17) is 10.8 Å². The zero-order chi connectivity index (χ0) is 15.2. The molecule has 0 heterocycles. The molecule has 5 heteroatoms. The van der Waals surface area contributed by atoms with Crippen LogP contribution < -0.4 is 5.73 Å². The van der Waals surface area contributed by atoms with Crippen molar-refractivity contribution in [1.82, 2.24) is 9.80 Å². The molecule has 2 unspecified atom stereocenters. The number of carboxylic acids is 1. The quantitative estimate of drug-likeness (QED) is 0.658. The van der Waals surface area contributed by atoms with Crippen LogP contribution >= 0.6 is 0 Å². The van der Waals surface area contributed by atoms with E-state index in [1.807, 2.05) is 14.1 Å². The molecule has 0 aliphatic carbocycles. The van der Waals surface area contributed by atoms with Crippen molar-refractivity contribution in [2.75, 3.05) is 33.7 Å². The number of rotatable bonds is 9. The Hall–Kier alpha value is -0.650. The van der Waals surface area contributed by atoms with E-state index in [0.29, 0.717) is 12.3 Å². The summed E-state index contributed by atoms with van der Waals surface area (Å²) in [6.07, 6.45) is 0.461. The molecule has 19 heavy (non-hydrogen) atoms. The van der Waals surface area contributed by atoms with Gasteiger partial charge in [-0.2, -0.15) is 0 Å². The van der Waals surface area contributed by atoms with Crippen LogP contribution in [-0.2, 0) is 4.79 Å². The van der Waals surface area contributed by atoms with Gasteiger partial charge in [-0.25, -0.2) is 0 Å². The SMILES string of the molecule is CC(C)CN(CCN(C)C)C(C)CC(C)(N)C(=O)O. The minimum absolute atomic E-state index is 0.161. The molecule has 114 valence electrons. The van der Waals surface area contributed by atoms with Crippen molar-refractivity contribution in [3.05, 3.63) is 0 Å². The summed E-state index contributed by atoms with van der Waals surface area (Å²) in [6, 6.07) is 0.161. The fourth-order valence-electron chi connectivity index (χ4n) is 2.12. The van der Waals surface area contributed by atoms with E-state index in [9.17, 15) is 4.79 Å². The second-order valence-corrected chi connectivity index (χ2v) is 6.47. The molecule has 0 aliphatic heterocycles. The summed E-state index contributed by atoms with van der Waals surface area (Å²) in [4.78, 5) is 15.6. The lowest BCUT2D eigenvalue weighted by molar-refractivity contribution is -0.143. The number of hydrogen-bond donors (Lipinski definition) is 2. The van der Waals surface area contributed by atoms with Crippen molar-refractivity contribution in [1.29, 1.82) is 0 Å². The van der Waals surface area contributed by atoms with Gasteiger partial charge in [0.2, 0.25) is 0 Å². The Morgan fingerprint density at radius 3 is 2.16 bits per heavy atom. The number of carbonyl (C=O) groups is 1. The molecule has 0 aromatic rings. The number of nitrogens with two attached hydrogens (primary N) is 1. The third kappa shape index (κ3) is 7.50. The van der Waals surface area contributed by atoms with Crippen LogP contribution in [0.5, 0.6) is 0 Å². The minimum atomic E-state index is -1.16. The largest absolute Gasteiger partial charge is 0.480 e. The van der Waals surface area contributed by atoms with Gasteiger partial charge in [-0.05, 0) is 40.3 Å². The lowest BCUT2D eigenvalue weighted by Crippen LogP contribution is -2.51. The van der Waals surface area contributed by atoms with Gasteiger partial charge >= 0.3 is 5.97 Å². The van der Waals surface area contributed by atoms with Gasteiger partial charge in [-0.3, -0.25) is 9.69 Å². The third-order valence-corrected chi connectivity index (χ3v) is 3.27. The number of likely N-dealkylation sites (N-methyl/N-ethyl adjacent to an activating group) is 1. The van der Waals surface area contributed by atoms with E-state index < -0.39 is 11.5 Å². The normalized spacial score (nSPS) is 16.9. The highest BCUT2D eigenvalue weighted by molar-refractivity contribution is 5.77. The molecule has 0 rings (SSSR count). The maximum Gasteiger partial charge on any atom is 0.323 e. The Labute approximate surface area is 117 Å². The van der Waals surface area contributed by atoms with E-state index in [1.165, 1.54) is 0 Å². The standard InChI is InChI=1S/C14H31N3O2/c1-11(2)10-17(8-7-16(5)6)12(3)9-14(4,15)13(18)19/h11-12H,7-10,15H2,1-6H3,(H,18,19). The molecule has 0 aliphatic rings. The van der Waals surface area contributed by atoms with Crippen molar-refractivity contribution in [3.8, 4) is 0 Å². The van der Waals surface area contributed by atoms with Crippen molar-refractivity contribution in [2.24, 2.45) is 11.7 Å². The molecule has 0 amide bonds. The van der Waals surface area contributed by atoms with Crippen LogP contribution in [0.25, 0.3) is 0 Å². The molecule has 0 saturated heterocycles. The maximum absolute atomic E-state index is 11.1. The molecule has 0 aromatic heterocycles. The van der Waals surface area contributed by atoms with Gasteiger partial charge in [0.25, 0.3) is 0 Å². The maximum atomic E-state index is 11.1. The lowest BCUT2D eigenvalue weighted by Gasteiger charge is -2.34. The fraction of sp³-hybridized carbons (Fsp3) is 0.929. The van der Waals surface area contributed by atoms with Gasteiger partial charge in [0.1, 0.15) is 5.54 Å². The number of carboxylic acid groups (broad SMARTS) is 1. The van der Waals surface area contributed by atoms with Gasteiger partial charge in [-0.15, -0.1) is 0 Å². The van der Waals surface area contributed by atoms with E-state index in [-0.39, 0.29) is 6.04 Å². The summed E-state index contributed by atoms with van der Waals surface area (Å²) in [5.74, 6) is -0.380. The first-order chi connectivity index (χ1) is 8.56. The molecule has 0 bridgehead atoms. The zero-order valence-electron chi connectivity index (χ0n) is 13.3. The highest BCUT2D eigenvalue weighted by Crippen LogP contribution is 2.15. The second-order valence-electron chi connectivity index (χ2n) is 6.47. The van der Waals surface area contributed by atoms with E-state index in [2.05, 4.69) is 30.6 Å². The Morgan fingerprint density at radius 2 is 1.79 bits per heavy atom. The Morgan fingerprint density at radius 1 is 1.26 bits per heavy atom. The van der Waals surface area contributed by atoms with Crippen LogP contribution in [0.15, 0.2) is 0 Å². The van der Waals surface area contributed by atoms with E-state index in [0.717, 1.165) is 19.6 Å². The van der Waals surface area contributed by atoms with Crippen molar-refractivity contribution in [2.45, 2.75) is 45.7 Å². The lowest BCUT2D eigenvalue weighted by atomic mass is 9.94. The van der Waals surface area contributed by atoms with Crippen molar-refractivity contribution >= 4 is 5.97 Å². The molecule has 5 nitrogen and oxygen atoms in total. The third-order valence-electron chi connectivity index (χ3n) is 3.27. The average Bonchev–Trinajstić information content (AvgIpc) is 2.22. The molecule has 0 radical (unpaired) electrons. The van der Waals surface area contributed by atoms with Gasteiger partial charge < -0.3 is 15.7 Å². The first kappa shape index (κ1) is 18.4. The smallest absolute Gasteiger partial charge is 0.323 e. The van der Waals surface area contributed by atoms with E-state index >= 15 is 0 Å². The van der Waals surface area contributed by atoms with Gasteiger partial charge in [0.05, 0.1) is 0 Å². The van der Waals surface area contributed by atoms with Crippen molar-refractivity contribution < 1.29 is 9.90 Å². The van der Waals surface area contributed by atoms with Gasteiger partial charge in [0, 0.05) is 25.7 Å². The topological polar surface area (TPSA) is 69.8 Å². The van der Waals surface area contributed by atoms with E-state index in [1.54, 1.807) is 6.92 Å². The monoisotopic (exact) mass is 273 g/mol. The fourth-order valence-corrected chi connectivity index (χ4v) is 2.12. The zero-order valence-corrected chi connectivity index (χ0v) is 13.3. The van der Waals surface area contributed by atoms with Gasteiger partial charge in [0.15, 0.2) is 0 Å². The first-order valence-electron chi connectivity index (χ1n) is 6.97. The summed E-state index contributed by atoms with van der Waals surface area (Å²) in [7, 11) is 4.09. The summed E-state index contributed by atoms with van der Waals surface area (Å²) < 4.78 is 0. The predicted molar refractivity (Wildman–Crippen MR) is 79.3 cm³/mol. The molecular weight excluding hydrogens is 242 g/mol. The molecule has 3 N–H and O–H groups in total. The molecular formula is C14H31N3O2. The average molecular weight is 273 g/mol. The Balaban J connectivity index is 4.61. The molecule has 0 spiro atoms. The van der Waals surface area contributed by atoms with Crippen LogP contribution in [0.3, 0.4) is 0 Å². The predicted octanol–water partition coefficient (Wildman–Crippen LogP) is 1.09. The highest BCUT2D eigenvalue weighted by Gasteiger charge is 2.31. The highest BCUT2D eigenvalue weighted by atomic mass is 16.4. The van der Waals surface area contributed by atoms with Crippen LogP contribution in [0, 0.1) is 5.92 Å². The minimum Gasteiger partial charge on any atom is -0.480 e. The first-order valence-corrected chi connectivity index (χ1v) is 6.97. The number of aliphatic carboxylic acids is 1. The van der Waals surface area contributed by atoms with Crippen LogP contribution in [-0.4, -0.2) is 66.2 Å². The second kappa shape index (κ2) is 7.82. The number of hydrogen-bond acceptors (Lipinski definition) is 4. The Kier molecular flexibility index (Phi) is 7.55.